The monoisotopic (exact) mass is 330 g/mol. The third-order valence-corrected chi connectivity index (χ3v) is 4.15. The summed E-state index contributed by atoms with van der Waals surface area (Å²) in [5, 5.41) is 10.8. The van der Waals surface area contributed by atoms with Crippen LogP contribution in [0.1, 0.15) is 23.2 Å². The molecule has 1 aromatic heterocycles. The minimum absolute atomic E-state index is 0.0137. The van der Waals surface area contributed by atoms with Crippen molar-refractivity contribution in [1.82, 2.24) is 15.5 Å². The number of nitrogens with one attached hydrogen (secondary N) is 1. The Labute approximate surface area is 139 Å². The lowest BCUT2D eigenvalue weighted by molar-refractivity contribution is 0.0947. The summed E-state index contributed by atoms with van der Waals surface area (Å²) in [6.45, 7) is 1.30. The molecule has 1 atom stereocenters. The third-order valence-electron chi connectivity index (χ3n) is 4.15. The van der Waals surface area contributed by atoms with Gasteiger partial charge in [-0.2, -0.15) is 5.10 Å². The molecular formula is C17H19FN4O2. The Hall–Kier alpha value is -2.70. The topological polar surface area (TPSA) is 67.3 Å². The van der Waals surface area contributed by atoms with Crippen LogP contribution in [0, 0.1) is 5.82 Å². The molecule has 3 rings (SSSR count). The first kappa shape index (κ1) is 16.2. The van der Waals surface area contributed by atoms with Crippen LogP contribution < -0.4 is 15.0 Å². The molecule has 1 fully saturated rings. The second-order valence-electron chi connectivity index (χ2n) is 5.63. The molecule has 1 amide bonds. The summed E-state index contributed by atoms with van der Waals surface area (Å²) in [6.07, 6.45) is 3.60. The average molecular weight is 330 g/mol. The lowest BCUT2D eigenvalue weighted by Gasteiger charge is -2.25. The van der Waals surface area contributed by atoms with E-state index in [0.717, 1.165) is 25.2 Å². The van der Waals surface area contributed by atoms with Crippen molar-refractivity contribution in [2.24, 2.45) is 0 Å². The van der Waals surface area contributed by atoms with Crippen LogP contribution in [0.5, 0.6) is 5.75 Å². The zero-order chi connectivity index (χ0) is 16.9. The second kappa shape index (κ2) is 7.25. The molecule has 1 aromatic carbocycles. The normalized spacial score (nSPS) is 16.9. The first-order valence-electron chi connectivity index (χ1n) is 7.85. The van der Waals surface area contributed by atoms with E-state index in [-0.39, 0.29) is 11.6 Å². The molecule has 6 nitrogen and oxygen atoms in total. The van der Waals surface area contributed by atoms with E-state index in [1.165, 1.54) is 19.2 Å². The van der Waals surface area contributed by atoms with Gasteiger partial charge in [-0.1, -0.05) is 0 Å². The molecule has 0 aliphatic carbocycles. The minimum Gasteiger partial charge on any atom is -0.497 e. The number of ether oxygens (including phenoxy) is 1. The molecule has 7 heteroatoms. The minimum atomic E-state index is -0.593. The van der Waals surface area contributed by atoms with Crippen molar-refractivity contribution in [3.05, 3.63) is 47.9 Å². The number of hydrogen-bond donors (Lipinski definition) is 1. The van der Waals surface area contributed by atoms with E-state index in [2.05, 4.69) is 20.4 Å². The highest BCUT2D eigenvalue weighted by Gasteiger charge is 2.26. The summed E-state index contributed by atoms with van der Waals surface area (Å²) < 4.78 is 18.9. The van der Waals surface area contributed by atoms with Gasteiger partial charge in [-0.3, -0.25) is 4.79 Å². The molecule has 0 saturated carbocycles. The number of nitrogens with zero attached hydrogens (tertiary/aromatic N) is 3. The van der Waals surface area contributed by atoms with Crippen molar-refractivity contribution >= 4 is 11.7 Å². The van der Waals surface area contributed by atoms with E-state index in [4.69, 9.17) is 4.74 Å². The van der Waals surface area contributed by atoms with Gasteiger partial charge in [0.2, 0.25) is 0 Å². The molecule has 1 saturated heterocycles. The zero-order valence-electron chi connectivity index (χ0n) is 13.4. The van der Waals surface area contributed by atoms with Crippen LogP contribution >= 0.6 is 0 Å². The first-order valence-corrected chi connectivity index (χ1v) is 7.85. The SMILES string of the molecule is COc1ccc(C(=O)NC[C@H]2CCCN2c2cccnn2)c(F)c1. The average Bonchev–Trinajstić information content (AvgIpc) is 3.09. The molecule has 0 spiro atoms. The fourth-order valence-corrected chi connectivity index (χ4v) is 2.91. The lowest BCUT2D eigenvalue weighted by atomic mass is 10.1. The molecule has 1 aliphatic heterocycles. The summed E-state index contributed by atoms with van der Waals surface area (Å²) in [5.41, 5.74) is 0.0137. The van der Waals surface area contributed by atoms with E-state index < -0.39 is 11.7 Å². The highest BCUT2D eigenvalue weighted by molar-refractivity contribution is 5.94. The molecule has 0 bridgehead atoms. The highest BCUT2D eigenvalue weighted by Crippen LogP contribution is 2.22. The molecule has 1 aliphatic rings. The maximum absolute atomic E-state index is 14.0. The summed E-state index contributed by atoms with van der Waals surface area (Å²) in [6, 6.07) is 8.07. The zero-order valence-corrected chi connectivity index (χ0v) is 13.4. The smallest absolute Gasteiger partial charge is 0.254 e. The second-order valence-corrected chi connectivity index (χ2v) is 5.63. The fourth-order valence-electron chi connectivity index (χ4n) is 2.91. The van der Waals surface area contributed by atoms with E-state index in [0.29, 0.717) is 12.3 Å². The molecule has 1 N–H and O–H groups in total. The maximum Gasteiger partial charge on any atom is 0.254 e. The molecule has 2 heterocycles. The van der Waals surface area contributed by atoms with Crippen LogP contribution in [0.25, 0.3) is 0 Å². The number of halogens is 1. The van der Waals surface area contributed by atoms with Crippen molar-refractivity contribution in [3.8, 4) is 5.75 Å². The largest absolute Gasteiger partial charge is 0.497 e. The number of anilines is 1. The Kier molecular flexibility index (Phi) is 4.88. The van der Waals surface area contributed by atoms with E-state index in [1.807, 2.05) is 12.1 Å². The van der Waals surface area contributed by atoms with Crippen molar-refractivity contribution in [2.75, 3.05) is 25.1 Å². The Morgan fingerprint density at radius 2 is 2.33 bits per heavy atom. The van der Waals surface area contributed by atoms with Crippen LogP contribution in [0.2, 0.25) is 0 Å². The van der Waals surface area contributed by atoms with Gasteiger partial charge in [-0.25, -0.2) is 4.39 Å². The Bertz CT molecular complexity index is 711. The van der Waals surface area contributed by atoms with E-state index in [1.54, 1.807) is 12.3 Å². The van der Waals surface area contributed by atoms with Gasteiger partial charge >= 0.3 is 0 Å². The van der Waals surface area contributed by atoms with Gasteiger partial charge in [0.1, 0.15) is 11.6 Å². The van der Waals surface area contributed by atoms with Crippen LogP contribution in [0.4, 0.5) is 10.2 Å². The number of hydrogen-bond acceptors (Lipinski definition) is 5. The maximum atomic E-state index is 14.0. The van der Waals surface area contributed by atoms with Crippen LogP contribution in [0.15, 0.2) is 36.5 Å². The molecule has 0 unspecified atom stereocenters. The standard InChI is InChI=1S/C17H19FN4O2/c1-24-13-6-7-14(15(18)10-13)17(23)19-11-12-4-3-9-22(12)16-5-2-8-20-21-16/h2,5-8,10,12H,3-4,9,11H2,1H3,(H,19,23)/t12-/m1/s1. The summed E-state index contributed by atoms with van der Waals surface area (Å²) in [4.78, 5) is 14.3. The number of methoxy groups -OCH3 is 1. The van der Waals surface area contributed by atoms with Gasteiger partial charge in [-0.15, -0.1) is 5.10 Å². The van der Waals surface area contributed by atoms with Gasteiger partial charge in [0.05, 0.1) is 12.7 Å². The molecule has 0 radical (unpaired) electrons. The summed E-state index contributed by atoms with van der Waals surface area (Å²) in [7, 11) is 1.45. The Balaban J connectivity index is 1.63. The van der Waals surface area contributed by atoms with E-state index in [9.17, 15) is 9.18 Å². The fraction of sp³-hybridized carbons (Fsp3) is 0.353. The number of carbonyl (C=O) groups is 1. The highest BCUT2D eigenvalue weighted by atomic mass is 19.1. The van der Waals surface area contributed by atoms with E-state index >= 15 is 0 Å². The van der Waals surface area contributed by atoms with Crippen molar-refractivity contribution < 1.29 is 13.9 Å². The predicted molar refractivity (Wildman–Crippen MR) is 87.7 cm³/mol. The number of carbonyl (C=O) groups excluding carboxylic acids is 1. The van der Waals surface area contributed by atoms with Gasteiger partial charge in [0.15, 0.2) is 5.82 Å². The molecule has 2 aromatic rings. The summed E-state index contributed by atoms with van der Waals surface area (Å²) >= 11 is 0. The van der Waals surface area contributed by atoms with Crippen LogP contribution in [0.3, 0.4) is 0 Å². The number of rotatable bonds is 5. The third kappa shape index (κ3) is 3.45. The van der Waals surface area contributed by atoms with Gasteiger partial charge in [0, 0.05) is 31.4 Å². The molecule has 126 valence electrons. The quantitative estimate of drug-likeness (QED) is 0.908. The van der Waals surface area contributed by atoms with Gasteiger partial charge in [-0.05, 0) is 37.1 Å². The van der Waals surface area contributed by atoms with Gasteiger partial charge < -0.3 is 15.0 Å². The van der Waals surface area contributed by atoms with Gasteiger partial charge in [0.25, 0.3) is 5.91 Å². The first-order chi connectivity index (χ1) is 11.7. The lowest BCUT2D eigenvalue weighted by Crippen LogP contribution is -2.40. The van der Waals surface area contributed by atoms with Crippen LogP contribution in [-0.4, -0.2) is 42.3 Å². The van der Waals surface area contributed by atoms with Crippen molar-refractivity contribution in [1.29, 1.82) is 0 Å². The van der Waals surface area contributed by atoms with Crippen LogP contribution in [-0.2, 0) is 0 Å². The number of benzene rings is 1. The molecule has 24 heavy (non-hydrogen) atoms. The van der Waals surface area contributed by atoms with Crippen molar-refractivity contribution in [3.63, 3.8) is 0 Å². The molecular weight excluding hydrogens is 311 g/mol. The summed E-state index contributed by atoms with van der Waals surface area (Å²) in [5.74, 6) is 0.156. The predicted octanol–water partition coefficient (Wildman–Crippen LogP) is 2.02. The Morgan fingerprint density at radius 1 is 1.46 bits per heavy atom. The number of aromatic nitrogens is 2. The number of amides is 1. The van der Waals surface area contributed by atoms with Crippen molar-refractivity contribution in [2.45, 2.75) is 18.9 Å². The Morgan fingerprint density at radius 3 is 3.04 bits per heavy atom.